The van der Waals surface area contributed by atoms with Crippen LogP contribution in [0.1, 0.15) is 21.5 Å². The van der Waals surface area contributed by atoms with E-state index in [1.54, 1.807) is 48.5 Å². The van der Waals surface area contributed by atoms with Gasteiger partial charge in [-0.3, -0.25) is 4.79 Å². The molecule has 7 nitrogen and oxygen atoms in total. The summed E-state index contributed by atoms with van der Waals surface area (Å²) in [4.78, 5) is 21.3. The number of nitriles is 1. The average molecular weight is 463 g/mol. The Kier molecular flexibility index (Phi) is 6.96. The summed E-state index contributed by atoms with van der Waals surface area (Å²) in [5, 5.41) is 9.99. The maximum Gasteiger partial charge on any atom is 0.254 e. The van der Waals surface area contributed by atoms with E-state index in [0.717, 1.165) is 5.56 Å². The molecule has 2 aromatic carbocycles. The van der Waals surface area contributed by atoms with Crippen LogP contribution in [-0.2, 0) is 6.61 Å². The number of benzene rings is 2. The van der Waals surface area contributed by atoms with Crippen molar-refractivity contribution in [3.8, 4) is 17.6 Å². The van der Waals surface area contributed by atoms with Gasteiger partial charge in [-0.05, 0) is 48.0 Å². The maximum atomic E-state index is 13.1. The lowest BCUT2D eigenvalue weighted by molar-refractivity contribution is 0.0746. The fraction of sp³-hybridized carbons (Fsp3) is 0.240. The molecule has 8 heteroatoms. The number of pyridine rings is 1. The highest BCUT2D eigenvalue weighted by molar-refractivity contribution is 6.30. The summed E-state index contributed by atoms with van der Waals surface area (Å²) in [6.45, 7) is 2.66. The second kappa shape index (κ2) is 10.2. The molecular weight excluding hydrogens is 440 g/mol. The van der Waals surface area contributed by atoms with E-state index in [1.807, 2.05) is 29.2 Å². The summed E-state index contributed by atoms with van der Waals surface area (Å²) in [5.41, 5.74) is 2.05. The van der Waals surface area contributed by atoms with Crippen molar-refractivity contribution in [2.75, 3.05) is 38.2 Å². The van der Waals surface area contributed by atoms with Crippen molar-refractivity contribution in [3.63, 3.8) is 0 Å². The number of aromatic nitrogens is 1. The van der Waals surface area contributed by atoms with Crippen LogP contribution in [0.2, 0.25) is 5.02 Å². The van der Waals surface area contributed by atoms with Crippen LogP contribution in [0.5, 0.6) is 11.5 Å². The number of rotatable bonds is 6. The van der Waals surface area contributed by atoms with Crippen LogP contribution in [-0.4, -0.2) is 49.1 Å². The summed E-state index contributed by atoms with van der Waals surface area (Å²) in [5.74, 6) is 1.66. The highest BCUT2D eigenvalue weighted by Crippen LogP contribution is 2.30. The van der Waals surface area contributed by atoms with Crippen molar-refractivity contribution in [1.29, 1.82) is 5.26 Å². The van der Waals surface area contributed by atoms with Gasteiger partial charge < -0.3 is 19.3 Å². The van der Waals surface area contributed by atoms with E-state index < -0.39 is 0 Å². The summed E-state index contributed by atoms with van der Waals surface area (Å²) in [6, 6.07) is 18.3. The normalized spacial score (nSPS) is 13.4. The van der Waals surface area contributed by atoms with Gasteiger partial charge in [-0.25, -0.2) is 4.98 Å². The number of hydrogen-bond acceptors (Lipinski definition) is 6. The number of hydrogen-bond donors (Lipinski definition) is 0. The number of carbonyl (C=O) groups is 1. The first kappa shape index (κ1) is 22.4. The van der Waals surface area contributed by atoms with Crippen LogP contribution in [0, 0.1) is 11.3 Å². The molecule has 0 N–H and O–H groups in total. The maximum absolute atomic E-state index is 13.1. The smallest absolute Gasteiger partial charge is 0.254 e. The first-order valence-electron chi connectivity index (χ1n) is 10.5. The molecule has 33 heavy (non-hydrogen) atoms. The van der Waals surface area contributed by atoms with Crippen molar-refractivity contribution >= 4 is 23.3 Å². The zero-order chi connectivity index (χ0) is 23.2. The molecule has 0 radical (unpaired) electrons. The molecule has 1 aromatic heterocycles. The number of halogens is 1. The number of amides is 1. The predicted molar refractivity (Wildman–Crippen MR) is 126 cm³/mol. The molecule has 1 aliphatic heterocycles. The zero-order valence-corrected chi connectivity index (χ0v) is 19.0. The molecule has 1 fully saturated rings. The third kappa shape index (κ3) is 5.18. The Hall–Kier alpha value is -3.76. The van der Waals surface area contributed by atoms with Crippen molar-refractivity contribution in [1.82, 2.24) is 9.88 Å². The molecule has 1 amide bonds. The van der Waals surface area contributed by atoms with Crippen molar-refractivity contribution < 1.29 is 14.3 Å². The van der Waals surface area contributed by atoms with Crippen LogP contribution < -0.4 is 14.4 Å². The van der Waals surface area contributed by atoms with E-state index in [0.29, 0.717) is 66.3 Å². The monoisotopic (exact) mass is 462 g/mol. The van der Waals surface area contributed by atoms with E-state index >= 15 is 0 Å². The molecule has 3 aromatic rings. The molecule has 1 saturated heterocycles. The standard InChI is InChI=1S/C25H23ClN4O3/c1-32-23-15-19(6-9-22(23)33-17-18-4-7-21(26)8-5-18)25(31)30-13-11-29(12-14-30)24-20(16-27)3-2-10-28-24/h2-10,15H,11-14,17H2,1H3. The minimum Gasteiger partial charge on any atom is -0.493 e. The fourth-order valence-electron chi connectivity index (χ4n) is 3.70. The lowest BCUT2D eigenvalue weighted by Gasteiger charge is -2.35. The van der Waals surface area contributed by atoms with Crippen LogP contribution in [0.15, 0.2) is 60.8 Å². The Balaban J connectivity index is 1.40. The molecule has 0 bridgehead atoms. The number of ether oxygens (including phenoxy) is 2. The SMILES string of the molecule is COc1cc(C(=O)N2CCN(c3ncccc3C#N)CC2)ccc1OCc1ccc(Cl)cc1. The first-order chi connectivity index (χ1) is 16.1. The molecule has 0 unspecified atom stereocenters. The average Bonchev–Trinajstić information content (AvgIpc) is 2.88. The van der Waals surface area contributed by atoms with Crippen molar-refractivity contribution in [3.05, 3.63) is 82.5 Å². The van der Waals surface area contributed by atoms with Gasteiger partial charge in [0.2, 0.25) is 0 Å². The zero-order valence-electron chi connectivity index (χ0n) is 18.2. The highest BCUT2D eigenvalue weighted by Gasteiger charge is 2.25. The third-order valence-electron chi connectivity index (χ3n) is 5.49. The van der Waals surface area contributed by atoms with Gasteiger partial charge in [-0.15, -0.1) is 0 Å². The number of piperazine rings is 1. The number of carbonyl (C=O) groups excluding carboxylic acids is 1. The molecule has 1 aliphatic rings. The number of nitrogens with zero attached hydrogens (tertiary/aromatic N) is 4. The van der Waals surface area contributed by atoms with Crippen LogP contribution in [0.3, 0.4) is 0 Å². The topological polar surface area (TPSA) is 78.7 Å². The minimum atomic E-state index is -0.0706. The van der Waals surface area contributed by atoms with Gasteiger partial charge in [0.1, 0.15) is 18.5 Å². The highest BCUT2D eigenvalue weighted by atomic mass is 35.5. The van der Waals surface area contributed by atoms with Crippen molar-refractivity contribution in [2.45, 2.75) is 6.61 Å². The molecule has 0 aliphatic carbocycles. The Labute approximate surface area is 197 Å². The van der Waals surface area contributed by atoms with Crippen LogP contribution >= 0.6 is 11.6 Å². The molecule has 168 valence electrons. The molecule has 2 heterocycles. The Morgan fingerprint density at radius 1 is 1.09 bits per heavy atom. The van der Waals surface area contributed by atoms with Gasteiger partial charge in [0, 0.05) is 43.0 Å². The van der Waals surface area contributed by atoms with Gasteiger partial charge >= 0.3 is 0 Å². The summed E-state index contributed by atoms with van der Waals surface area (Å²) in [6.07, 6.45) is 1.68. The summed E-state index contributed by atoms with van der Waals surface area (Å²) >= 11 is 5.93. The third-order valence-corrected chi connectivity index (χ3v) is 5.74. The number of anilines is 1. The fourth-order valence-corrected chi connectivity index (χ4v) is 3.83. The van der Waals surface area contributed by atoms with Crippen LogP contribution in [0.25, 0.3) is 0 Å². The lowest BCUT2D eigenvalue weighted by Crippen LogP contribution is -2.49. The second-order valence-corrected chi connectivity index (χ2v) is 7.98. The second-order valence-electron chi connectivity index (χ2n) is 7.55. The van der Waals surface area contributed by atoms with E-state index in [-0.39, 0.29) is 5.91 Å². The largest absolute Gasteiger partial charge is 0.493 e. The van der Waals surface area contributed by atoms with Crippen molar-refractivity contribution in [2.24, 2.45) is 0 Å². The van der Waals surface area contributed by atoms with E-state index in [9.17, 15) is 10.1 Å². The van der Waals surface area contributed by atoms with Gasteiger partial charge in [-0.1, -0.05) is 23.7 Å². The van der Waals surface area contributed by atoms with E-state index in [1.165, 1.54) is 0 Å². The Morgan fingerprint density at radius 2 is 1.85 bits per heavy atom. The van der Waals surface area contributed by atoms with E-state index in [2.05, 4.69) is 11.1 Å². The Bertz CT molecular complexity index is 1170. The molecular formula is C25H23ClN4O3. The summed E-state index contributed by atoms with van der Waals surface area (Å²) in [7, 11) is 1.55. The molecule has 0 saturated carbocycles. The quantitative estimate of drug-likeness (QED) is 0.547. The minimum absolute atomic E-state index is 0.0706. The van der Waals surface area contributed by atoms with Gasteiger partial charge in [-0.2, -0.15) is 5.26 Å². The molecule has 0 spiro atoms. The number of methoxy groups -OCH3 is 1. The van der Waals surface area contributed by atoms with Gasteiger partial charge in [0.25, 0.3) is 5.91 Å². The van der Waals surface area contributed by atoms with Gasteiger partial charge in [0.15, 0.2) is 11.5 Å². The Morgan fingerprint density at radius 3 is 2.55 bits per heavy atom. The first-order valence-corrected chi connectivity index (χ1v) is 10.9. The van der Waals surface area contributed by atoms with Gasteiger partial charge in [0.05, 0.1) is 12.7 Å². The molecule has 0 atom stereocenters. The molecule has 4 rings (SSSR count). The predicted octanol–water partition coefficient (Wildman–Crippen LogP) is 4.16. The lowest BCUT2D eigenvalue weighted by atomic mass is 10.1. The van der Waals surface area contributed by atoms with E-state index in [4.69, 9.17) is 21.1 Å². The van der Waals surface area contributed by atoms with Crippen LogP contribution in [0.4, 0.5) is 5.82 Å². The summed E-state index contributed by atoms with van der Waals surface area (Å²) < 4.78 is 11.4.